The molecule has 2 N–H and O–H groups in total. The standard InChI is InChI=1S/C17H25N3O/c21-17(19-9-12-20-10-7-18-8-11-20)16-6-5-14-3-1-2-4-15(14)13-16/h1-4,16,18H,5-13H2,(H,19,21). The first-order valence-electron chi connectivity index (χ1n) is 8.10. The fourth-order valence-electron chi connectivity index (χ4n) is 3.34. The lowest BCUT2D eigenvalue weighted by atomic mass is 9.83. The topological polar surface area (TPSA) is 44.4 Å². The summed E-state index contributed by atoms with van der Waals surface area (Å²) < 4.78 is 0. The van der Waals surface area contributed by atoms with Crippen molar-refractivity contribution in [3.8, 4) is 0 Å². The van der Waals surface area contributed by atoms with Gasteiger partial charge < -0.3 is 10.6 Å². The van der Waals surface area contributed by atoms with E-state index in [2.05, 4.69) is 39.8 Å². The average Bonchev–Trinajstić information content (AvgIpc) is 2.55. The Morgan fingerprint density at radius 3 is 2.81 bits per heavy atom. The lowest BCUT2D eigenvalue weighted by Gasteiger charge is -2.28. The van der Waals surface area contributed by atoms with Crippen LogP contribution in [0.25, 0.3) is 0 Å². The molecule has 0 spiro atoms. The summed E-state index contributed by atoms with van der Waals surface area (Å²) in [6.45, 7) is 6.05. The first-order valence-corrected chi connectivity index (χ1v) is 8.10. The summed E-state index contributed by atoms with van der Waals surface area (Å²) in [4.78, 5) is 14.7. The van der Waals surface area contributed by atoms with Crippen molar-refractivity contribution in [1.82, 2.24) is 15.5 Å². The van der Waals surface area contributed by atoms with E-state index >= 15 is 0 Å². The summed E-state index contributed by atoms with van der Waals surface area (Å²) in [5.41, 5.74) is 2.77. The van der Waals surface area contributed by atoms with Crippen LogP contribution in [0.1, 0.15) is 17.5 Å². The van der Waals surface area contributed by atoms with E-state index < -0.39 is 0 Å². The monoisotopic (exact) mass is 287 g/mol. The molecule has 1 heterocycles. The normalized spacial score (nSPS) is 22.6. The third kappa shape index (κ3) is 3.83. The second-order valence-electron chi connectivity index (χ2n) is 6.09. The van der Waals surface area contributed by atoms with Crippen LogP contribution in [0.4, 0.5) is 0 Å². The van der Waals surface area contributed by atoms with Crippen LogP contribution in [0.15, 0.2) is 24.3 Å². The number of piperazine rings is 1. The van der Waals surface area contributed by atoms with Gasteiger partial charge in [0.25, 0.3) is 0 Å². The maximum atomic E-state index is 12.3. The Bertz CT molecular complexity index is 483. The highest BCUT2D eigenvalue weighted by molar-refractivity contribution is 5.79. The number of aryl methyl sites for hydroxylation is 1. The van der Waals surface area contributed by atoms with Gasteiger partial charge in [0.1, 0.15) is 0 Å². The lowest BCUT2D eigenvalue weighted by Crippen LogP contribution is -2.46. The molecule has 1 aromatic carbocycles. The summed E-state index contributed by atoms with van der Waals surface area (Å²) >= 11 is 0. The molecule has 2 aliphatic rings. The largest absolute Gasteiger partial charge is 0.355 e. The van der Waals surface area contributed by atoms with Gasteiger partial charge in [0.15, 0.2) is 0 Å². The molecule has 1 fully saturated rings. The summed E-state index contributed by atoms with van der Waals surface area (Å²) in [6, 6.07) is 8.51. The van der Waals surface area contributed by atoms with Crippen molar-refractivity contribution >= 4 is 5.91 Å². The van der Waals surface area contributed by atoms with Crippen molar-refractivity contribution in [2.45, 2.75) is 19.3 Å². The molecule has 0 bridgehead atoms. The Hall–Kier alpha value is -1.39. The number of nitrogens with one attached hydrogen (secondary N) is 2. The zero-order chi connectivity index (χ0) is 14.5. The zero-order valence-electron chi connectivity index (χ0n) is 12.6. The molecular weight excluding hydrogens is 262 g/mol. The number of benzene rings is 1. The minimum absolute atomic E-state index is 0.155. The summed E-state index contributed by atoms with van der Waals surface area (Å²) in [5, 5.41) is 6.48. The van der Waals surface area contributed by atoms with Gasteiger partial charge in [-0.2, -0.15) is 0 Å². The van der Waals surface area contributed by atoms with Crippen molar-refractivity contribution in [2.24, 2.45) is 5.92 Å². The highest BCUT2D eigenvalue weighted by Crippen LogP contribution is 2.25. The van der Waals surface area contributed by atoms with E-state index in [1.807, 2.05) is 0 Å². The molecule has 1 saturated heterocycles. The molecule has 4 heteroatoms. The molecule has 1 atom stereocenters. The highest BCUT2D eigenvalue weighted by atomic mass is 16.1. The van der Waals surface area contributed by atoms with Crippen LogP contribution in [-0.2, 0) is 17.6 Å². The van der Waals surface area contributed by atoms with Crippen molar-refractivity contribution < 1.29 is 4.79 Å². The molecule has 1 aliphatic carbocycles. The Kier molecular flexibility index (Phi) is 4.88. The second kappa shape index (κ2) is 7.05. The second-order valence-corrected chi connectivity index (χ2v) is 6.09. The van der Waals surface area contributed by atoms with Gasteiger partial charge in [-0.15, -0.1) is 0 Å². The minimum atomic E-state index is 0.155. The van der Waals surface area contributed by atoms with Crippen LogP contribution in [0.5, 0.6) is 0 Å². The van der Waals surface area contributed by atoms with Crippen LogP contribution >= 0.6 is 0 Å². The van der Waals surface area contributed by atoms with E-state index in [9.17, 15) is 4.79 Å². The molecular formula is C17H25N3O. The van der Waals surface area contributed by atoms with Crippen LogP contribution in [0.2, 0.25) is 0 Å². The van der Waals surface area contributed by atoms with Crippen LogP contribution in [0.3, 0.4) is 0 Å². The van der Waals surface area contributed by atoms with E-state index in [1.54, 1.807) is 0 Å². The number of hydrogen-bond acceptors (Lipinski definition) is 3. The summed E-state index contributed by atoms with van der Waals surface area (Å²) in [6.07, 6.45) is 2.91. The highest BCUT2D eigenvalue weighted by Gasteiger charge is 2.24. The van der Waals surface area contributed by atoms with E-state index in [0.29, 0.717) is 0 Å². The third-order valence-electron chi connectivity index (χ3n) is 4.65. The molecule has 1 unspecified atom stereocenters. The van der Waals surface area contributed by atoms with E-state index in [-0.39, 0.29) is 11.8 Å². The zero-order valence-corrected chi connectivity index (χ0v) is 12.6. The van der Waals surface area contributed by atoms with Gasteiger partial charge in [-0.05, 0) is 30.4 Å². The minimum Gasteiger partial charge on any atom is -0.355 e. The first kappa shape index (κ1) is 14.5. The van der Waals surface area contributed by atoms with Crippen molar-refractivity contribution in [3.05, 3.63) is 35.4 Å². The number of nitrogens with zero attached hydrogens (tertiary/aromatic N) is 1. The van der Waals surface area contributed by atoms with E-state index in [1.165, 1.54) is 11.1 Å². The van der Waals surface area contributed by atoms with Gasteiger partial charge in [-0.25, -0.2) is 0 Å². The Labute approximate surface area is 126 Å². The first-order chi connectivity index (χ1) is 10.3. The van der Waals surface area contributed by atoms with Gasteiger partial charge in [0, 0.05) is 45.2 Å². The van der Waals surface area contributed by atoms with Gasteiger partial charge in [-0.3, -0.25) is 9.69 Å². The van der Waals surface area contributed by atoms with E-state index in [4.69, 9.17) is 0 Å². The maximum Gasteiger partial charge on any atom is 0.223 e. The SMILES string of the molecule is O=C(NCCN1CCNCC1)C1CCc2ccccc2C1. The van der Waals surface area contributed by atoms with Crippen molar-refractivity contribution in [3.63, 3.8) is 0 Å². The molecule has 114 valence electrons. The smallest absolute Gasteiger partial charge is 0.223 e. The molecule has 0 radical (unpaired) electrons. The molecule has 1 aliphatic heterocycles. The third-order valence-corrected chi connectivity index (χ3v) is 4.65. The van der Waals surface area contributed by atoms with Gasteiger partial charge >= 0.3 is 0 Å². The molecule has 0 saturated carbocycles. The molecule has 0 aromatic heterocycles. The Morgan fingerprint density at radius 2 is 2.00 bits per heavy atom. The van der Waals surface area contributed by atoms with Crippen LogP contribution in [0, 0.1) is 5.92 Å². The predicted octanol–water partition coefficient (Wildman–Crippen LogP) is 0.813. The molecule has 21 heavy (non-hydrogen) atoms. The summed E-state index contributed by atoms with van der Waals surface area (Å²) in [7, 11) is 0. The maximum absolute atomic E-state index is 12.3. The Balaban J connectivity index is 1.44. The van der Waals surface area contributed by atoms with Gasteiger partial charge in [0.05, 0.1) is 0 Å². The fraction of sp³-hybridized carbons (Fsp3) is 0.588. The molecule has 4 nitrogen and oxygen atoms in total. The average molecular weight is 287 g/mol. The van der Waals surface area contributed by atoms with Gasteiger partial charge in [0.2, 0.25) is 5.91 Å². The fourth-order valence-corrected chi connectivity index (χ4v) is 3.34. The number of fused-ring (bicyclic) bond motifs is 1. The van der Waals surface area contributed by atoms with Crippen LogP contribution < -0.4 is 10.6 Å². The predicted molar refractivity (Wildman–Crippen MR) is 84.3 cm³/mol. The number of carbonyl (C=O) groups is 1. The Morgan fingerprint density at radius 1 is 1.24 bits per heavy atom. The summed E-state index contributed by atoms with van der Waals surface area (Å²) in [5.74, 6) is 0.391. The van der Waals surface area contributed by atoms with Crippen molar-refractivity contribution in [2.75, 3.05) is 39.3 Å². The van der Waals surface area contributed by atoms with Crippen LogP contribution in [-0.4, -0.2) is 50.1 Å². The van der Waals surface area contributed by atoms with Crippen molar-refractivity contribution in [1.29, 1.82) is 0 Å². The number of amides is 1. The van der Waals surface area contributed by atoms with Gasteiger partial charge in [-0.1, -0.05) is 24.3 Å². The molecule has 1 amide bonds. The molecule has 1 aromatic rings. The number of hydrogen-bond donors (Lipinski definition) is 2. The molecule has 3 rings (SSSR count). The lowest BCUT2D eigenvalue weighted by molar-refractivity contribution is -0.125. The quantitative estimate of drug-likeness (QED) is 0.861. The number of rotatable bonds is 4. The number of carbonyl (C=O) groups excluding carboxylic acids is 1. The van der Waals surface area contributed by atoms with E-state index in [0.717, 1.165) is 58.5 Å².